The van der Waals surface area contributed by atoms with Crippen LogP contribution >= 0.6 is 0 Å². The number of piperidine rings is 1. The number of rotatable bonds is 7. The molecule has 24 heavy (non-hydrogen) atoms. The van der Waals surface area contributed by atoms with Gasteiger partial charge in [-0.1, -0.05) is 0 Å². The summed E-state index contributed by atoms with van der Waals surface area (Å²) in [6, 6.07) is -1.07. The Morgan fingerprint density at radius 1 is 1.33 bits per heavy atom. The molecule has 0 saturated carbocycles. The smallest absolute Gasteiger partial charge is 0.345 e. The van der Waals surface area contributed by atoms with Gasteiger partial charge >= 0.3 is 12.0 Å². The SMILES string of the molecule is O=C(O)CON1C(=O)N2C[C@H]1CC[C@H]2C(=O)NOC[C@H]1CCCN1. The van der Waals surface area contributed by atoms with E-state index in [0.29, 0.717) is 26.0 Å². The van der Waals surface area contributed by atoms with Gasteiger partial charge in [0.25, 0.3) is 5.91 Å². The standard InChI is InChI=1S/C14H22N4O6/c19-12(20)8-24-18-10-3-4-11(17(6-10)14(18)22)13(21)16-23-7-9-2-1-5-15-9/h9-11,15H,1-8H2,(H,16,21)(H,19,20)/t9-,10-,11+/m1/s1. The van der Waals surface area contributed by atoms with Crippen LogP contribution in [0.3, 0.4) is 0 Å². The maximum Gasteiger partial charge on any atom is 0.345 e. The van der Waals surface area contributed by atoms with Crippen molar-refractivity contribution in [1.29, 1.82) is 0 Å². The van der Waals surface area contributed by atoms with E-state index in [0.717, 1.165) is 24.4 Å². The van der Waals surface area contributed by atoms with Crippen molar-refractivity contribution in [1.82, 2.24) is 20.8 Å². The Kier molecular flexibility index (Phi) is 5.17. The molecule has 3 saturated heterocycles. The zero-order valence-electron chi connectivity index (χ0n) is 13.3. The monoisotopic (exact) mass is 342 g/mol. The molecule has 0 aliphatic carbocycles. The summed E-state index contributed by atoms with van der Waals surface area (Å²) in [7, 11) is 0. The first-order valence-electron chi connectivity index (χ1n) is 8.16. The predicted molar refractivity (Wildman–Crippen MR) is 79.5 cm³/mol. The second-order valence-electron chi connectivity index (χ2n) is 6.25. The summed E-state index contributed by atoms with van der Waals surface area (Å²) < 4.78 is 0. The molecular weight excluding hydrogens is 320 g/mol. The highest BCUT2D eigenvalue weighted by Gasteiger charge is 2.48. The number of nitrogens with zero attached hydrogens (tertiary/aromatic N) is 2. The molecule has 0 radical (unpaired) electrons. The first kappa shape index (κ1) is 16.9. The zero-order chi connectivity index (χ0) is 17.1. The van der Waals surface area contributed by atoms with E-state index < -0.39 is 24.6 Å². The van der Waals surface area contributed by atoms with Crippen LogP contribution in [0.5, 0.6) is 0 Å². The fourth-order valence-corrected chi connectivity index (χ4v) is 3.38. The lowest BCUT2D eigenvalue weighted by molar-refractivity contribution is -0.167. The number of fused-ring (bicyclic) bond motifs is 2. The van der Waals surface area contributed by atoms with Crippen molar-refractivity contribution >= 4 is 17.9 Å². The molecule has 3 aliphatic rings. The largest absolute Gasteiger partial charge is 0.479 e. The third-order valence-corrected chi connectivity index (χ3v) is 4.57. The molecule has 10 heteroatoms. The van der Waals surface area contributed by atoms with Crippen LogP contribution in [0.4, 0.5) is 4.79 Å². The molecule has 3 rings (SSSR count). The van der Waals surface area contributed by atoms with Gasteiger partial charge in [-0.05, 0) is 32.2 Å². The Labute approximate surface area is 138 Å². The lowest BCUT2D eigenvalue weighted by atomic mass is 10.0. The van der Waals surface area contributed by atoms with E-state index in [1.807, 2.05) is 0 Å². The number of aliphatic carboxylic acids is 1. The minimum Gasteiger partial charge on any atom is -0.479 e. The summed E-state index contributed by atoms with van der Waals surface area (Å²) in [4.78, 5) is 46.9. The topological polar surface area (TPSA) is 120 Å². The molecule has 0 unspecified atom stereocenters. The number of carbonyl (C=O) groups is 3. The minimum atomic E-state index is -1.15. The van der Waals surface area contributed by atoms with Crippen LogP contribution < -0.4 is 10.8 Å². The second-order valence-corrected chi connectivity index (χ2v) is 6.25. The number of amides is 3. The van der Waals surface area contributed by atoms with Crippen molar-refractivity contribution in [2.45, 2.75) is 43.8 Å². The van der Waals surface area contributed by atoms with Gasteiger partial charge in [0.15, 0.2) is 6.61 Å². The van der Waals surface area contributed by atoms with E-state index >= 15 is 0 Å². The number of carbonyl (C=O) groups excluding carboxylic acids is 2. The van der Waals surface area contributed by atoms with Crippen molar-refractivity contribution in [3.05, 3.63) is 0 Å². The van der Waals surface area contributed by atoms with Crippen LogP contribution in [-0.2, 0) is 19.3 Å². The summed E-state index contributed by atoms with van der Waals surface area (Å²) in [6.07, 6.45) is 3.17. The van der Waals surface area contributed by atoms with Crippen molar-refractivity contribution in [3.8, 4) is 0 Å². The molecule has 3 fully saturated rings. The maximum atomic E-state index is 12.3. The Hall–Kier alpha value is -1.91. The van der Waals surface area contributed by atoms with Gasteiger partial charge in [-0.3, -0.25) is 14.5 Å². The third kappa shape index (κ3) is 3.60. The highest BCUT2D eigenvalue weighted by molar-refractivity contribution is 5.88. The Bertz CT molecular complexity index is 509. The Morgan fingerprint density at radius 3 is 2.88 bits per heavy atom. The van der Waals surface area contributed by atoms with Gasteiger partial charge in [0.1, 0.15) is 6.04 Å². The quantitative estimate of drug-likeness (QED) is 0.511. The van der Waals surface area contributed by atoms with Crippen molar-refractivity contribution in [2.75, 3.05) is 26.3 Å². The number of nitrogens with one attached hydrogen (secondary N) is 2. The summed E-state index contributed by atoms with van der Waals surface area (Å²) in [5, 5.41) is 13.0. The first-order valence-corrected chi connectivity index (χ1v) is 8.16. The molecule has 10 nitrogen and oxygen atoms in total. The van der Waals surface area contributed by atoms with Crippen LogP contribution in [-0.4, -0.2) is 77.4 Å². The molecule has 3 heterocycles. The van der Waals surface area contributed by atoms with Gasteiger partial charge in [-0.15, -0.1) is 0 Å². The Balaban J connectivity index is 1.49. The fourth-order valence-electron chi connectivity index (χ4n) is 3.38. The molecule has 134 valence electrons. The highest BCUT2D eigenvalue weighted by atomic mass is 16.7. The molecule has 3 N–H and O–H groups in total. The number of urea groups is 1. The van der Waals surface area contributed by atoms with Crippen LogP contribution in [0.15, 0.2) is 0 Å². The predicted octanol–water partition coefficient (Wildman–Crippen LogP) is -0.929. The molecule has 3 amide bonds. The molecule has 3 aliphatic heterocycles. The van der Waals surface area contributed by atoms with Gasteiger partial charge in [0.05, 0.1) is 12.6 Å². The van der Waals surface area contributed by atoms with Gasteiger partial charge in [-0.25, -0.2) is 15.1 Å². The molecule has 3 atom stereocenters. The van der Waals surface area contributed by atoms with E-state index in [4.69, 9.17) is 14.8 Å². The maximum absolute atomic E-state index is 12.3. The lowest BCUT2D eigenvalue weighted by Gasteiger charge is -2.29. The van der Waals surface area contributed by atoms with Gasteiger partial charge < -0.3 is 15.3 Å². The number of carboxylic acids is 1. The molecule has 0 aromatic heterocycles. The Morgan fingerprint density at radius 2 is 2.17 bits per heavy atom. The van der Waals surface area contributed by atoms with Crippen molar-refractivity contribution < 1.29 is 29.2 Å². The summed E-state index contributed by atoms with van der Waals surface area (Å²) >= 11 is 0. The highest BCUT2D eigenvalue weighted by Crippen LogP contribution is 2.30. The van der Waals surface area contributed by atoms with E-state index in [9.17, 15) is 14.4 Å². The van der Waals surface area contributed by atoms with Crippen LogP contribution in [0.25, 0.3) is 0 Å². The number of hydrogen-bond donors (Lipinski definition) is 3. The third-order valence-electron chi connectivity index (χ3n) is 4.57. The molecular formula is C14H22N4O6. The number of hydrogen-bond acceptors (Lipinski definition) is 6. The summed E-state index contributed by atoms with van der Waals surface area (Å²) in [5.41, 5.74) is 2.42. The van der Waals surface area contributed by atoms with Gasteiger partial charge in [-0.2, -0.15) is 5.06 Å². The average Bonchev–Trinajstić information content (AvgIpc) is 3.14. The van der Waals surface area contributed by atoms with E-state index in [1.165, 1.54) is 4.90 Å². The van der Waals surface area contributed by atoms with Gasteiger partial charge in [0.2, 0.25) is 0 Å². The van der Waals surface area contributed by atoms with Gasteiger partial charge in [0, 0.05) is 12.6 Å². The number of hydroxylamine groups is 3. The summed E-state index contributed by atoms with van der Waals surface area (Å²) in [6.45, 7) is 1.12. The first-order chi connectivity index (χ1) is 11.6. The van der Waals surface area contributed by atoms with Crippen LogP contribution in [0.2, 0.25) is 0 Å². The van der Waals surface area contributed by atoms with E-state index in [-0.39, 0.29) is 18.0 Å². The van der Waals surface area contributed by atoms with Crippen molar-refractivity contribution in [2.24, 2.45) is 0 Å². The van der Waals surface area contributed by atoms with Crippen LogP contribution in [0, 0.1) is 0 Å². The second kappa shape index (κ2) is 7.32. The zero-order valence-corrected chi connectivity index (χ0v) is 13.3. The fraction of sp³-hybridized carbons (Fsp3) is 0.786. The number of carboxylic acid groups (broad SMARTS) is 1. The minimum absolute atomic E-state index is 0.218. The van der Waals surface area contributed by atoms with E-state index in [2.05, 4.69) is 10.8 Å². The lowest BCUT2D eigenvalue weighted by Crippen LogP contribution is -2.50. The molecule has 0 aromatic rings. The van der Waals surface area contributed by atoms with Crippen LogP contribution in [0.1, 0.15) is 25.7 Å². The molecule has 0 aromatic carbocycles. The average molecular weight is 342 g/mol. The summed E-state index contributed by atoms with van der Waals surface area (Å²) in [5.74, 6) is -1.51. The molecule has 2 bridgehead atoms. The van der Waals surface area contributed by atoms with Crippen molar-refractivity contribution in [3.63, 3.8) is 0 Å². The normalized spacial score (nSPS) is 29.2. The molecule has 0 spiro atoms. The van der Waals surface area contributed by atoms with E-state index in [1.54, 1.807) is 0 Å².